The number of benzene rings is 3. The molecule has 0 fully saturated rings. The van der Waals surface area contributed by atoms with Crippen LogP contribution in [0.3, 0.4) is 0 Å². The fourth-order valence-electron chi connectivity index (χ4n) is 2.36. The van der Waals surface area contributed by atoms with E-state index < -0.39 is 10.0 Å². The first-order valence-corrected chi connectivity index (χ1v) is 9.77. The first-order chi connectivity index (χ1) is 9.54. The molecule has 3 aromatic carbocycles. The molecule has 0 aliphatic heterocycles. The molecule has 0 saturated carbocycles. The van der Waals surface area contributed by atoms with Crippen molar-refractivity contribution in [3.63, 3.8) is 0 Å². The summed E-state index contributed by atoms with van der Waals surface area (Å²) >= 11 is 0. The monoisotopic (exact) mass is 284 g/mol. The Hall–Kier alpha value is -1.67. The summed E-state index contributed by atoms with van der Waals surface area (Å²) in [7, 11) is -0.682. The zero-order valence-electron chi connectivity index (χ0n) is 12.2. The normalized spacial score (nSPS) is 12.8. The van der Waals surface area contributed by atoms with E-state index in [1.165, 1.54) is 21.5 Å². The molecule has 0 unspecified atom stereocenters. The van der Waals surface area contributed by atoms with Crippen LogP contribution in [0.15, 0.2) is 54.6 Å². The topological polar surface area (TPSA) is 9.23 Å². The van der Waals surface area contributed by atoms with E-state index in [9.17, 15) is 0 Å². The largest absolute Gasteiger partial charge is 0.483 e. The first-order valence-electron chi connectivity index (χ1n) is 6.74. The van der Waals surface area contributed by atoms with Crippen molar-refractivity contribution in [1.82, 2.24) is 0 Å². The molecule has 0 aliphatic carbocycles. The Labute approximate surface area is 121 Å². The van der Waals surface area contributed by atoms with E-state index in [1.807, 2.05) is 0 Å². The van der Waals surface area contributed by atoms with Crippen LogP contribution in [-0.2, 0) is 0 Å². The molecule has 2 heteroatoms. The minimum absolute atomic E-state index is 0.682. The van der Waals surface area contributed by atoms with Crippen molar-refractivity contribution >= 4 is 31.6 Å². The molecule has 0 radical (unpaired) electrons. The smallest absolute Gasteiger partial charge is 0.136 e. The molecule has 0 amide bonds. The Morgan fingerprint density at radius 3 is 1.80 bits per heavy atom. The lowest BCUT2D eigenvalue weighted by atomic mass is 10.0. The lowest BCUT2D eigenvalue weighted by molar-refractivity contribution is 0.399. The van der Waals surface area contributed by atoms with Crippen molar-refractivity contribution in [2.45, 2.75) is 0 Å². The van der Waals surface area contributed by atoms with E-state index in [0.29, 0.717) is 0 Å². The van der Waals surface area contributed by atoms with Gasteiger partial charge in [0.05, 0.1) is 0 Å². The summed E-state index contributed by atoms with van der Waals surface area (Å²) in [5.74, 6) is 1.83. The minimum Gasteiger partial charge on any atom is -0.483 e. The van der Waals surface area contributed by atoms with Crippen LogP contribution in [0.5, 0.6) is 5.75 Å². The van der Waals surface area contributed by atoms with Crippen molar-refractivity contribution in [1.29, 1.82) is 0 Å². The van der Waals surface area contributed by atoms with E-state index in [2.05, 4.69) is 73.4 Å². The van der Waals surface area contributed by atoms with Gasteiger partial charge in [-0.05, 0) is 35.6 Å². The molecule has 0 heterocycles. The van der Waals surface area contributed by atoms with Gasteiger partial charge in [0.25, 0.3) is 0 Å². The lowest BCUT2D eigenvalue weighted by Gasteiger charge is -2.26. The SMILES string of the molecule is CS(C)(C)COc1c2ccccc2cc2ccccc12. The quantitative estimate of drug-likeness (QED) is 0.613. The lowest BCUT2D eigenvalue weighted by Crippen LogP contribution is -2.06. The van der Waals surface area contributed by atoms with Crippen molar-refractivity contribution in [2.75, 3.05) is 24.7 Å². The molecule has 0 aliphatic rings. The van der Waals surface area contributed by atoms with Crippen LogP contribution in [-0.4, -0.2) is 24.7 Å². The van der Waals surface area contributed by atoms with Crippen LogP contribution in [0.4, 0.5) is 0 Å². The number of hydrogen-bond acceptors (Lipinski definition) is 1. The maximum Gasteiger partial charge on any atom is 0.136 e. The second-order valence-electron chi connectivity index (χ2n) is 6.00. The zero-order valence-corrected chi connectivity index (χ0v) is 13.0. The number of hydrogen-bond donors (Lipinski definition) is 0. The van der Waals surface area contributed by atoms with Gasteiger partial charge in [-0.2, -0.15) is 0 Å². The highest BCUT2D eigenvalue weighted by atomic mass is 32.3. The van der Waals surface area contributed by atoms with Gasteiger partial charge in [-0.15, -0.1) is 0 Å². The number of fused-ring (bicyclic) bond motifs is 2. The van der Waals surface area contributed by atoms with Crippen LogP contribution >= 0.6 is 10.0 Å². The van der Waals surface area contributed by atoms with Crippen LogP contribution in [0.25, 0.3) is 21.5 Å². The van der Waals surface area contributed by atoms with E-state index in [4.69, 9.17) is 4.74 Å². The third-order valence-corrected chi connectivity index (χ3v) is 4.10. The van der Waals surface area contributed by atoms with Crippen LogP contribution in [0.2, 0.25) is 0 Å². The van der Waals surface area contributed by atoms with Crippen LogP contribution in [0, 0.1) is 0 Å². The van der Waals surface area contributed by atoms with E-state index in [1.54, 1.807) is 0 Å². The first kappa shape index (κ1) is 13.3. The maximum atomic E-state index is 6.23. The van der Waals surface area contributed by atoms with Gasteiger partial charge >= 0.3 is 0 Å². The third-order valence-electron chi connectivity index (χ3n) is 3.28. The van der Waals surface area contributed by atoms with Gasteiger partial charge in [0.1, 0.15) is 11.7 Å². The van der Waals surface area contributed by atoms with Crippen molar-refractivity contribution in [3.8, 4) is 5.75 Å². The highest BCUT2D eigenvalue weighted by molar-refractivity contribution is 8.32. The zero-order chi connectivity index (χ0) is 14.2. The summed E-state index contributed by atoms with van der Waals surface area (Å²) in [6, 6.07) is 19.1. The summed E-state index contributed by atoms with van der Waals surface area (Å²) in [6.07, 6.45) is 6.83. The van der Waals surface area contributed by atoms with Gasteiger partial charge in [0, 0.05) is 10.8 Å². The highest BCUT2D eigenvalue weighted by Crippen LogP contribution is 2.39. The van der Waals surface area contributed by atoms with Crippen molar-refractivity contribution in [2.24, 2.45) is 0 Å². The van der Waals surface area contributed by atoms with E-state index in [0.717, 1.165) is 11.7 Å². The second-order valence-corrected chi connectivity index (χ2v) is 10.4. The molecule has 0 aromatic heterocycles. The predicted molar refractivity (Wildman–Crippen MR) is 92.3 cm³/mol. The average Bonchev–Trinajstić information content (AvgIpc) is 2.42. The molecule has 0 bridgehead atoms. The van der Waals surface area contributed by atoms with Gasteiger partial charge in [-0.1, -0.05) is 48.5 Å². The number of ether oxygens (including phenoxy) is 1. The summed E-state index contributed by atoms with van der Waals surface area (Å²) in [4.78, 5) is 0. The van der Waals surface area contributed by atoms with Crippen LogP contribution < -0.4 is 4.74 Å². The highest BCUT2D eigenvalue weighted by Gasteiger charge is 2.11. The maximum absolute atomic E-state index is 6.23. The molecule has 3 rings (SSSR count). The summed E-state index contributed by atoms with van der Waals surface area (Å²) < 4.78 is 6.23. The Morgan fingerprint density at radius 1 is 0.800 bits per heavy atom. The minimum atomic E-state index is -0.682. The van der Waals surface area contributed by atoms with E-state index >= 15 is 0 Å². The molecule has 3 aromatic rings. The molecule has 104 valence electrons. The predicted octanol–water partition coefficient (Wildman–Crippen LogP) is 5.02. The molecule has 0 spiro atoms. The fourth-order valence-corrected chi connectivity index (χ4v) is 2.83. The van der Waals surface area contributed by atoms with Crippen molar-refractivity contribution in [3.05, 3.63) is 54.6 Å². The third kappa shape index (κ3) is 2.61. The fraction of sp³-hybridized carbons (Fsp3) is 0.222. The molecule has 1 nitrogen and oxygen atoms in total. The molecular weight excluding hydrogens is 264 g/mol. The average molecular weight is 284 g/mol. The Balaban J connectivity index is 2.22. The summed E-state index contributed by atoms with van der Waals surface area (Å²) in [5.41, 5.74) is 0. The molecular formula is C18H20OS. The van der Waals surface area contributed by atoms with Gasteiger partial charge in [0.15, 0.2) is 0 Å². The molecule has 0 N–H and O–H groups in total. The second kappa shape index (κ2) is 5.02. The van der Waals surface area contributed by atoms with Gasteiger partial charge < -0.3 is 4.74 Å². The van der Waals surface area contributed by atoms with E-state index in [-0.39, 0.29) is 0 Å². The Kier molecular flexibility index (Phi) is 3.35. The summed E-state index contributed by atoms with van der Waals surface area (Å²) in [5, 5.41) is 4.89. The van der Waals surface area contributed by atoms with Crippen molar-refractivity contribution < 1.29 is 4.74 Å². The molecule has 0 saturated heterocycles. The standard InChI is InChI=1S/C18H20OS/c1-20(2,3)13-19-18-16-10-6-4-8-14(16)12-15-9-5-7-11-17(15)18/h4-12H,13H2,1-3H3. The Bertz CT molecular complexity index is 702. The van der Waals surface area contributed by atoms with Gasteiger partial charge in [-0.25, -0.2) is 10.0 Å². The van der Waals surface area contributed by atoms with Gasteiger partial charge in [0.2, 0.25) is 0 Å². The number of rotatable bonds is 3. The van der Waals surface area contributed by atoms with Crippen LogP contribution in [0.1, 0.15) is 0 Å². The molecule has 0 atom stereocenters. The summed E-state index contributed by atoms with van der Waals surface area (Å²) in [6.45, 7) is 0. The van der Waals surface area contributed by atoms with Gasteiger partial charge in [-0.3, -0.25) is 0 Å². The Morgan fingerprint density at radius 2 is 1.30 bits per heavy atom. The molecule has 20 heavy (non-hydrogen) atoms.